The molecule has 20 heavy (non-hydrogen) atoms. The largest absolute Gasteiger partial charge is 0.347 e. The zero-order valence-electron chi connectivity index (χ0n) is 11.8. The molecule has 108 valence electrons. The molecule has 2 heterocycles. The predicted molar refractivity (Wildman–Crippen MR) is 71.7 cm³/mol. The lowest BCUT2D eigenvalue weighted by Gasteiger charge is -2.14. The standard InChI is InChI=1S/C13H19N5O2/c1-3-4-10-16-12(20-17-10)5-6-13(19)18(2)9-11-14-7-8-15-11/h7-8H,3-6,9H2,1-2H3,(H,14,15). The highest BCUT2D eigenvalue weighted by atomic mass is 16.5. The number of amides is 1. The van der Waals surface area contributed by atoms with Crippen molar-refractivity contribution in [2.45, 2.75) is 39.2 Å². The van der Waals surface area contributed by atoms with Crippen LogP contribution in [0.1, 0.15) is 37.3 Å². The fourth-order valence-electron chi connectivity index (χ4n) is 1.82. The van der Waals surface area contributed by atoms with Crippen molar-refractivity contribution in [2.75, 3.05) is 7.05 Å². The highest BCUT2D eigenvalue weighted by Crippen LogP contribution is 2.05. The van der Waals surface area contributed by atoms with E-state index < -0.39 is 0 Å². The molecule has 0 saturated heterocycles. The van der Waals surface area contributed by atoms with Crippen molar-refractivity contribution in [3.63, 3.8) is 0 Å². The fraction of sp³-hybridized carbons (Fsp3) is 0.538. The van der Waals surface area contributed by atoms with Crippen LogP contribution in [0.15, 0.2) is 16.9 Å². The summed E-state index contributed by atoms with van der Waals surface area (Å²) < 4.78 is 5.10. The van der Waals surface area contributed by atoms with Gasteiger partial charge in [0.25, 0.3) is 0 Å². The number of imidazole rings is 1. The van der Waals surface area contributed by atoms with Crippen LogP contribution in [0.3, 0.4) is 0 Å². The number of carbonyl (C=O) groups is 1. The molecule has 0 fully saturated rings. The van der Waals surface area contributed by atoms with Gasteiger partial charge >= 0.3 is 0 Å². The third kappa shape index (κ3) is 3.91. The van der Waals surface area contributed by atoms with Gasteiger partial charge in [-0.05, 0) is 6.42 Å². The summed E-state index contributed by atoms with van der Waals surface area (Å²) >= 11 is 0. The summed E-state index contributed by atoms with van der Waals surface area (Å²) in [5.74, 6) is 2.02. The Kier molecular flexibility index (Phi) is 4.86. The van der Waals surface area contributed by atoms with E-state index in [1.165, 1.54) is 0 Å². The average Bonchev–Trinajstić information content (AvgIpc) is 3.08. The monoisotopic (exact) mass is 277 g/mol. The van der Waals surface area contributed by atoms with Crippen molar-refractivity contribution in [1.29, 1.82) is 0 Å². The molecular formula is C13H19N5O2. The number of nitrogens with one attached hydrogen (secondary N) is 1. The molecule has 0 aromatic carbocycles. The Bertz CT molecular complexity index is 535. The predicted octanol–water partition coefficient (Wildman–Crippen LogP) is 1.34. The number of rotatable bonds is 7. The molecule has 7 heteroatoms. The lowest BCUT2D eigenvalue weighted by molar-refractivity contribution is -0.130. The number of hydrogen-bond donors (Lipinski definition) is 1. The molecule has 0 unspecified atom stereocenters. The minimum absolute atomic E-state index is 0.0247. The van der Waals surface area contributed by atoms with Crippen LogP contribution in [-0.2, 0) is 24.2 Å². The summed E-state index contributed by atoms with van der Waals surface area (Å²) in [6.45, 7) is 2.53. The second-order valence-corrected chi connectivity index (χ2v) is 4.64. The number of hydrogen-bond acceptors (Lipinski definition) is 5. The SMILES string of the molecule is CCCc1noc(CCC(=O)N(C)Cc2ncc[nH]2)n1. The van der Waals surface area contributed by atoms with E-state index in [0.29, 0.717) is 31.1 Å². The molecule has 0 aliphatic rings. The molecule has 1 N–H and O–H groups in total. The fourth-order valence-corrected chi connectivity index (χ4v) is 1.82. The van der Waals surface area contributed by atoms with E-state index in [-0.39, 0.29) is 5.91 Å². The van der Waals surface area contributed by atoms with Gasteiger partial charge < -0.3 is 14.4 Å². The Hall–Kier alpha value is -2.18. The van der Waals surface area contributed by atoms with Crippen molar-refractivity contribution in [3.8, 4) is 0 Å². The van der Waals surface area contributed by atoms with Crippen LogP contribution >= 0.6 is 0 Å². The molecule has 0 bridgehead atoms. The highest BCUT2D eigenvalue weighted by Gasteiger charge is 2.13. The normalized spacial score (nSPS) is 10.7. The number of aryl methyl sites for hydroxylation is 2. The zero-order valence-corrected chi connectivity index (χ0v) is 11.8. The minimum atomic E-state index is 0.0247. The van der Waals surface area contributed by atoms with Gasteiger partial charge in [-0.25, -0.2) is 4.98 Å². The molecule has 2 aromatic rings. The third-order valence-corrected chi connectivity index (χ3v) is 2.90. The minimum Gasteiger partial charge on any atom is -0.347 e. The van der Waals surface area contributed by atoms with Crippen molar-refractivity contribution in [1.82, 2.24) is 25.0 Å². The first kappa shape index (κ1) is 14.2. The first-order valence-electron chi connectivity index (χ1n) is 6.72. The topological polar surface area (TPSA) is 87.9 Å². The van der Waals surface area contributed by atoms with E-state index in [1.54, 1.807) is 24.3 Å². The third-order valence-electron chi connectivity index (χ3n) is 2.90. The quantitative estimate of drug-likeness (QED) is 0.825. The summed E-state index contributed by atoms with van der Waals surface area (Å²) in [4.78, 5) is 24.9. The van der Waals surface area contributed by atoms with E-state index in [9.17, 15) is 4.79 Å². The molecule has 2 aromatic heterocycles. The average molecular weight is 277 g/mol. The molecule has 1 amide bonds. The van der Waals surface area contributed by atoms with Crippen LogP contribution in [0.2, 0.25) is 0 Å². The van der Waals surface area contributed by atoms with Gasteiger partial charge in [-0.3, -0.25) is 4.79 Å². The van der Waals surface area contributed by atoms with Crippen molar-refractivity contribution in [2.24, 2.45) is 0 Å². The van der Waals surface area contributed by atoms with Crippen LogP contribution < -0.4 is 0 Å². The number of H-pyrrole nitrogens is 1. The second-order valence-electron chi connectivity index (χ2n) is 4.64. The maximum Gasteiger partial charge on any atom is 0.227 e. The maximum atomic E-state index is 12.0. The van der Waals surface area contributed by atoms with Gasteiger partial charge in [0.2, 0.25) is 11.8 Å². The zero-order chi connectivity index (χ0) is 14.4. The van der Waals surface area contributed by atoms with Gasteiger partial charge in [0, 0.05) is 38.7 Å². The van der Waals surface area contributed by atoms with Crippen molar-refractivity contribution >= 4 is 5.91 Å². The number of carbonyl (C=O) groups excluding carboxylic acids is 1. The summed E-state index contributed by atoms with van der Waals surface area (Å²) in [6.07, 6.45) is 6.01. The molecule has 0 radical (unpaired) electrons. The van der Waals surface area contributed by atoms with Gasteiger partial charge in [0.1, 0.15) is 5.82 Å². The van der Waals surface area contributed by atoms with E-state index in [2.05, 4.69) is 27.0 Å². The van der Waals surface area contributed by atoms with Gasteiger partial charge in [-0.15, -0.1) is 0 Å². The Labute approximate surface area is 117 Å². The molecule has 7 nitrogen and oxygen atoms in total. The van der Waals surface area contributed by atoms with Crippen LogP contribution in [0, 0.1) is 0 Å². The van der Waals surface area contributed by atoms with Crippen LogP contribution in [0.4, 0.5) is 0 Å². The smallest absolute Gasteiger partial charge is 0.227 e. The van der Waals surface area contributed by atoms with E-state index in [1.807, 2.05) is 0 Å². The molecule has 0 saturated carbocycles. The van der Waals surface area contributed by atoms with Gasteiger partial charge in [-0.2, -0.15) is 4.98 Å². The Morgan fingerprint density at radius 3 is 3.00 bits per heavy atom. The lowest BCUT2D eigenvalue weighted by atomic mass is 10.2. The summed E-state index contributed by atoms with van der Waals surface area (Å²) in [5.41, 5.74) is 0. The Morgan fingerprint density at radius 2 is 2.30 bits per heavy atom. The van der Waals surface area contributed by atoms with Crippen LogP contribution in [0.25, 0.3) is 0 Å². The van der Waals surface area contributed by atoms with Gasteiger partial charge in [0.05, 0.1) is 6.54 Å². The molecule has 0 atom stereocenters. The van der Waals surface area contributed by atoms with E-state index in [0.717, 1.165) is 18.7 Å². The maximum absolute atomic E-state index is 12.0. The molecular weight excluding hydrogens is 258 g/mol. The molecule has 0 aliphatic heterocycles. The van der Waals surface area contributed by atoms with Gasteiger partial charge in [0.15, 0.2) is 5.82 Å². The summed E-state index contributed by atoms with van der Waals surface area (Å²) in [5, 5.41) is 3.86. The summed E-state index contributed by atoms with van der Waals surface area (Å²) in [6, 6.07) is 0. The molecule has 0 spiro atoms. The van der Waals surface area contributed by atoms with Gasteiger partial charge in [-0.1, -0.05) is 12.1 Å². The summed E-state index contributed by atoms with van der Waals surface area (Å²) in [7, 11) is 1.75. The number of aromatic amines is 1. The number of aromatic nitrogens is 4. The molecule has 2 rings (SSSR count). The van der Waals surface area contributed by atoms with Crippen molar-refractivity contribution < 1.29 is 9.32 Å². The second kappa shape index (κ2) is 6.83. The van der Waals surface area contributed by atoms with Crippen LogP contribution in [-0.4, -0.2) is 38.0 Å². The first-order chi connectivity index (χ1) is 9.69. The van der Waals surface area contributed by atoms with Crippen molar-refractivity contribution in [3.05, 3.63) is 29.9 Å². The van der Waals surface area contributed by atoms with E-state index in [4.69, 9.17) is 4.52 Å². The molecule has 0 aliphatic carbocycles. The number of nitrogens with zero attached hydrogens (tertiary/aromatic N) is 4. The Balaban J connectivity index is 1.78. The van der Waals surface area contributed by atoms with E-state index >= 15 is 0 Å². The van der Waals surface area contributed by atoms with Crippen LogP contribution in [0.5, 0.6) is 0 Å². The first-order valence-corrected chi connectivity index (χ1v) is 6.72. The lowest BCUT2D eigenvalue weighted by Crippen LogP contribution is -2.26. The highest BCUT2D eigenvalue weighted by molar-refractivity contribution is 5.75. The Morgan fingerprint density at radius 1 is 1.45 bits per heavy atom.